The number of ketones is 1. The molecule has 3 atom stereocenters. The molecule has 3 aliphatic carbocycles. The number of hydrogen-bond acceptors (Lipinski definition) is 3. The Bertz CT molecular complexity index is 532. The van der Waals surface area contributed by atoms with E-state index in [4.69, 9.17) is 0 Å². The number of nitrogens with one attached hydrogen (secondary N) is 1. The summed E-state index contributed by atoms with van der Waals surface area (Å²) < 4.78 is 0. The summed E-state index contributed by atoms with van der Waals surface area (Å²) >= 11 is 0. The molecule has 3 aliphatic rings. The highest BCUT2D eigenvalue weighted by Gasteiger charge is 2.53. The van der Waals surface area contributed by atoms with E-state index in [0.29, 0.717) is 24.8 Å². The highest BCUT2D eigenvalue weighted by atomic mass is 16.4. The highest BCUT2D eigenvalue weighted by molar-refractivity contribution is 6.00. The van der Waals surface area contributed by atoms with E-state index in [9.17, 15) is 19.5 Å². The lowest BCUT2D eigenvalue weighted by molar-refractivity contribution is -0.142. The van der Waals surface area contributed by atoms with Crippen LogP contribution in [0.2, 0.25) is 0 Å². The minimum Gasteiger partial charge on any atom is -0.480 e. The topological polar surface area (TPSA) is 83.5 Å². The van der Waals surface area contributed by atoms with Crippen molar-refractivity contribution in [1.82, 2.24) is 5.32 Å². The Morgan fingerprint density at radius 2 is 2.10 bits per heavy atom. The van der Waals surface area contributed by atoms with Gasteiger partial charge in [0.2, 0.25) is 5.91 Å². The number of rotatable bonds is 4. The number of amides is 1. The summed E-state index contributed by atoms with van der Waals surface area (Å²) in [5.41, 5.74) is -0.411. The third kappa shape index (κ3) is 2.39. The predicted octanol–water partition coefficient (Wildman–Crippen LogP) is 1.67. The molecule has 2 saturated carbocycles. The lowest BCUT2D eigenvalue weighted by Crippen LogP contribution is -2.45. The second-order valence-corrected chi connectivity index (χ2v) is 6.59. The number of carbonyl (C=O) groups excluding carboxylic acids is 2. The van der Waals surface area contributed by atoms with E-state index in [1.807, 2.05) is 6.08 Å². The number of aliphatic carboxylic acids is 1. The maximum atomic E-state index is 12.5. The average molecular weight is 291 g/mol. The van der Waals surface area contributed by atoms with Gasteiger partial charge in [0, 0.05) is 17.9 Å². The van der Waals surface area contributed by atoms with Crippen LogP contribution in [0, 0.1) is 17.8 Å². The zero-order valence-electron chi connectivity index (χ0n) is 12.2. The molecule has 0 bridgehead atoms. The Morgan fingerprint density at radius 3 is 2.67 bits per heavy atom. The fourth-order valence-corrected chi connectivity index (χ4v) is 3.68. The van der Waals surface area contributed by atoms with Crippen molar-refractivity contribution in [1.29, 1.82) is 0 Å². The molecule has 5 nitrogen and oxygen atoms in total. The fourth-order valence-electron chi connectivity index (χ4n) is 3.68. The summed E-state index contributed by atoms with van der Waals surface area (Å²) in [4.78, 5) is 35.7. The van der Waals surface area contributed by atoms with Gasteiger partial charge in [0.25, 0.3) is 0 Å². The molecular weight excluding hydrogens is 270 g/mol. The molecule has 0 aromatic heterocycles. The first-order valence-corrected chi connectivity index (χ1v) is 7.77. The monoisotopic (exact) mass is 291 g/mol. The van der Waals surface area contributed by atoms with Crippen LogP contribution in [0.5, 0.6) is 0 Å². The Balaban J connectivity index is 1.81. The summed E-state index contributed by atoms with van der Waals surface area (Å²) in [6.45, 7) is 2.05. The van der Waals surface area contributed by atoms with Crippen LogP contribution in [0.25, 0.3) is 0 Å². The van der Waals surface area contributed by atoms with Crippen LogP contribution in [0.1, 0.15) is 45.4 Å². The zero-order valence-corrected chi connectivity index (χ0v) is 12.2. The Hall–Kier alpha value is -1.65. The molecule has 0 heterocycles. The minimum absolute atomic E-state index is 0.00936. The quantitative estimate of drug-likeness (QED) is 0.825. The van der Waals surface area contributed by atoms with Gasteiger partial charge in [0.1, 0.15) is 11.3 Å². The van der Waals surface area contributed by atoms with Crippen molar-refractivity contribution in [2.24, 2.45) is 17.8 Å². The molecule has 0 spiro atoms. The van der Waals surface area contributed by atoms with E-state index < -0.39 is 11.5 Å². The molecule has 0 aromatic rings. The minimum atomic E-state index is -1.06. The maximum absolute atomic E-state index is 12.5. The second kappa shape index (κ2) is 4.97. The molecule has 5 heteroatoms. The first kappa shape index (κ1) is 14.3. The third-order valence-electron chi connectivity index (χ3n) is 5.27. The average Bonchev–Trinajstić information content (AvgIpc) is 3.16. The van der Waals surface area contributed by atoms with Gasteiger partial charge >= 0.3 is 5.97 Å². The number of carboxylic acid groups (broad SMARTS) is 1. The molecule has 0 aliphatic heterocycles. The van der Waals surface area contributed by atoms with Gasteiger partial charge in [-0.3, -0.25) is 9.59 Å². The van der Waals surface area contributed by atoms with Crippen molar-refractivity contribution < 1.29 is 19.5 Å². The molecule has 0 aromatic carbocycles. The van der Waals surface area contributed by atoms with Gasteiger partial charge in [0.15, 0.2) is 0 Å². The summed E-state index contributed by atoms with van der Waals surface area (Å²) in [5, 5.41) is 11.9. The smallest absolute Gasteiger partial charge is 0.329 e. The fraction of sp³-hybridized carbons (Fsp3) is 0.688. The van der Waals surface area contributed by atoms with E-state index in [2.05, 4.69) is 12.2 Å². The highest BCUT2D eigenvalue weighted by Crippen LogP contribution is 2.44. The summed E-state index contributed by atoms with van der Waals surface area (Å²) in [6, 6.07) is 0. The van der Waals surface area contributed by atoms with Crippen LogP contribution in [0.15, 0.2) is 11.6 Å². The molecule has 2 N–H and O–H groups in total. The molecule has 114 valence electrons. The normalized spacial score (nSPS) is 33.1. The number of carbonyl (C=O) groups is 3. The molecule has 0 radical (unpaired) electrons. The second-order valence-electron chi connectivity index (χ2n) is 6.59. The Kier molecular flexibility index (Phi) is 3.38. The van der Waals surface area contributed by atoms with Gasteiger partial charge in [-0.05, 0) is 43.9 Å². The van der Waals surface area contributed by atoms with Crippen LogP contribution in [0.3, 0.4) is 0 Å². The van der Waals surface area contributed by atoms with Crippen molar-refractivity contribution in [3.8, 4) is 0 Å². The summed E-state index contributed by atoms with van der Waals surface area (Å²) in [5.74, 6) is -0.785. The summed E-state index contributed by atoms with van der Waals surface area (Å²) in [6.07, 6.45) is 5.96. The van der Waals surface area contributed by atoms with Gasteiger partial charge in [-0.15, -0.1) is 0 Å². The number of allylic oxidation sites excluding steroid dienone is 1. The maximum Gasteiger partial charge on any atom is 0.329 e. The van der Waals surface area contributed by atoms with Gasteiger partial charge in [-0.1, -0.05) is 13.0 Å². The van der Waals surface area contributed by atoms with Crippen LogP contribution in [-0.2, 0) is 14.4 Å². The van der Waals surface area contributed by atoms with Crippen LogP contribution >= 0.6 is 0 Å². The Morgan fingerprint density at radius 1 is 1.38 bits per heavy atom. The van der Waals surface area contributed by atoms with Gasteiger partial charge in [-0.25, -0.2) is 4.79 Å². The van der Waals surface area contributed by atoms with Gasteiger partial charge in [-0.2, -0.15) is 0 Å². The zero-order chi connectivity index (χ0) is 15.2. The SMILES string of the molecule is CC[C@H]1C=C(C(=O)NC2(C(=O)O)CC2)[C@H]2CCC(=O)[C@H]2C1. The van der Waals surface area contributed by atoms with Gasteiger partial charge in [0.05, 0.1) is 0 Å². The van der Waals surface area contributed by atoms with Crippen molar-refractivity contribution >= 4 is 17.7 Å². The largest absolute Gasteiger partial charge is 0.480 e. The lowest BCUT2D eigenvalue weighted by atomic mass is 9.74. The van der Waals surface area contributed by atoms with Crippen molar-refractivity contribution in [3.63, 3.8) is 0 Å². The van der Waals surface area contributed by atoms with Gasteiger partial charge < -0.3 is 10.4 Å². The predicted molar refractivity (Wildman–Crippen MR) is 75.4 cm³/mol. The molecule has 1 amide bonds. The number of fused-ring (bicyclic) bond motifs is 1. The molecule has 3 rings (SSSR count). The number of hydrogen-bond donors (Lipinski definition) is 2. The van der Waals surface area contributed by atoms with E-state index in [0.717, 1.165) is 19.3 Å². The van der Waals surface area contributed by atoms with Crippen molar-refractivity contribution in [2.75, 3.05) is 0 Å². The number of Topliss-reactive ketones (excluding diaryl/α,β-unsaturated/α-hetero) is 1. The first-order valence-electron chi connectivity index (χ1n) is 7.77. The van der Waals surface area contributed by atoms with Crippen molar-refractivity contribution in [2.45, 2.75) is 51.0 Å². The molecule has 0 saturated heterocycles. The molecule has 21 heavy (non-hydrogen) atoms. The lowest BCUT2D eigenvalue weighted by Gasteiger charge is -2.30. The van der Waals surface area contributed by atoms with E-state index in [1.165, 1.54) is 0 Å². The van der Waals surface area contributed by atoms with Crippen molar-refractivity contribution in [3.05, 3.63) is 11.6 Å². The molecule has 2 fully saturated rings. The molecular formula is C16H21NO4. The molecule has 0 unspecified atom stereocenters. The third-order valence-corrected chi connectivity index (χ3v) is 5.27. The number of carboxylic acids is 1. The summed E-state index contributed by atoms with van der Waals surface area (Å²) in [7, 11) is 0. The first-order chi connectivity index (χ1) is 9.97. The van der Waals surface area contributed by atoms with Crippen LogP contribution < -0.4 is 5.32 Å². The van der Waals surface area contributed by atoms with E-state index >= 15 is 0 Å². The van der Waals surface area contributed by atoms with E-state index in [1.54, 1.807) is 0 Å². The standard InChI is InChI=1S/C16H21NO4/c1-2-9-7-11-10(3-4-13(11)18)12(8-9)14(19)17-16(5-6-16)15(20)21/h8-11H,2-7H2,1H3,(H,17,19)(H,20,21)/t9-,10+,11+/m1/s1. The Labute approximate surface area is 123 Å². The van der Waals surface area contributed by atoms with Crippen LogP contribution in [0.4, 0.5) is 0 Å². The van der Waals surface area contributed by atoms with E-state index in [-0.39, 0.29) is 29.4 Å². The van der Waals surface area contributed by atoms with Crippen LogP contribution in [-0.4, -0.2) is 28.3 Å².